The van der Waals surface area contributed by atoms with E-state index in [0.29, 0.717) is 0 Å². The van der Waals surface area contributed by atoms with E-state index in [0.717, 1.165) is 12.1 Å². The number of ether oxygens (including phenoxy) is 1. The molecule has 0 bridgehead atoms. The van der Waals surface area contributed by atoms with Crippen LogP contribution in [0.4, 0.5) is 13.2 Å². The maximum atomic E-state index is 13.8. The molecule has 0 aliphatic rings. The second-order valence-corrected chi connectivity index (χ2v) is 3.82. The zero-order chi connectivity index (χ0) is 14.7. The van der Waals surface area contributed by atoms with Crippen molar-refractivity contribution in [2.24, 2.45) is 5.84 Å². The van der Waals surface area contributed by atoms with Gasteiger partial charge in [-0.1, -0.05) is 6.07 Å². The highest BCUT2D eigenvalue weighted by Gasteiger charge is 2.25. The molecule has 3 N–H and O–H groups in total. The number of hydrogen-bond acceptors (Lipinski definition) is 5. The van der Waals surface area contributed by atoms with Crippen LogP contribution in [0.5, 0.6) is 5.88 Å². The smallest absolute Gasteiger partial charge is 0.237 e. The lowest BCUT2D eigenvalue weighted by atomic mass is 10.0. The lowest BCUT2D eigenvalue weighted by Gasteiger charge is -2.18. The number of nitrogens with two attached hydrogens (primary N) is 1. The van der Waals surface area contributed by atoms with Crippen molar-refractivity contribution in [2.45, 2.75) is 6.04 Å². The summed E-state index contributed by atoms with van der Waals surface area (Å²) >= 11 is 0. The van der Waals surface area contributed by atoms with Crippen LogP contribution in [-0.4, -0.2) is 17.1 Å². The van der Waals surface area contributed by atoms with Gasteiger partial charge < -0.3 is 4.74 Å². The first-order chi connectivity index (χ1) is 9.60. The van der Waals surface area contributed by atoms with Crippen LogP contribution < -0.4 is 16.0 Å². The van der Waals surface area contributed by atoms with Gasteiger partial charge in [0.1, 0.15) is 5.69 Å². The molecule has 0 fully saturated rings. The van der Waals surface area contributed by atoms with Crippen molar-refractivity contribution < 1.29 is 17.9 Å². The van der Waals surface area contributed by atoms with Gasteiger partial charge in [0.2, 0.25) is 5.88 Å². The quantitative estimate of drug-likeness (QED) is 0.505. The Balaban J connectivity index is 2.56. The normalized spacial score (nSPS) is 12.2. The molecule has 1 heterocycles. The lowest BCUT2D eigenvalue weighted by Crippen LogP contribution is -2.31. The maximum Gasteiger partial charge on any atom is 0.237 e. The average Bonchev–Trinajstić information content (AvgIpc) is 2.48. The zero-order valence-electron chi connectivity index (χ0n) is 10.4. The van der Waals surface area contributed by atoms with Gasteiger partial charge in [-0.2, -0.15) is 0 Å². The summed E-state index contributed by atoms with van der Waals surface area (Å²) in [4.78, 5) is 7.87. The third-order valence-electron chi connectivity index (χ3n) is 2.70. The number of nitrogens with zero attached hydrogens (tertiary/aromatic N) is 2. The van der Waals surface area contributed by atoms with E-state index in [9.17, 15) is 13.2 Å². The Bertz CT molecular complexity index is 624. The first kappa shape index (κ1) is 14.2. The van der Waals surface area contributed by atoms with Gasteiger partial charge in [-0.15, -0.1) is 0 Å². The van der Waals surface area contributed by atoms with Crippen LogP contribution in [0, 0.1) is 17.5 Å². The molecule has 0 spiro atoms. The van der Waals surface area contributed by atoms with E-state index in [2.05, 4.69) is 15.4 Å². The molecule has 0 radical (unpaired) electrons. The molecular weight excluding hydrogens is 273 g/mol. The van der Waals surface area contributed by atoms with E-state index in [1.54, 1.807) is 0 Å². The van der Waals surface area contributed by atoms with Crippen molar-refractivity contribution in [3.8, 4) is 5.88 Å². The monoisotopic (exact) mass is 284 g/mol. The summed E-state index contributed by atoms with van der Waals surface area (Å²) in [6.07, 6.45) is 2.72. The molecule has 1 aromatic carbocycles. The Kier molecular flexibility index (Phi) is 4.16. The largest absolute Gasteiger partial charge is 0.480 e. The minimum atomic E-state index is -1.58. The van der Waals surface area contributed by atoms with Gasteiger partial charge in [0, 0.05) is 18.0 Å². The molecule has 5 nitrogen and oxygen atoms in total. The van der Waals surface area contributed by atoms with Gasteiger partial charge in [0.05, 0.1) is 13.2 Å². The van der Waals surface area contributed by atoms with Gasteiger partial charge in [-0.05, 0) is 6.07 Å². The fourth-order valence-electron chi connectivity index (χ4n) is 1.77. The summed E-state index contributed by atoms with van der Waals surface area (Å²) in [5.74, 6) is 1.25. The Labute approximate surface area is 112 Å². The molecule has 1 unspecified atom stereocenters. The summed E-state index contributed by atoms with van der Waals surface area (Å²) in [5.41, 5.74) is 2.24. The van der Waals surface area contributed by atoms with Crippen molar-refractivity contribution in [2.75, 3.05) is 7.11 Å². The first-order valence-corrected chi connectivity index (χ1v) is 5.54. The van der Waals surface area contributed by atoms with Gasteiger partial charge >= 0.3 is 0 Å². The fraction of sp³-hybridized carbons (Fsp3) is 0.167. The highest BCUT2D eigenvalue weighted by atomic mass is 19.2. The number of rotatable bonds is 4. The molecule has 106 valence electrons. The third-order valence-corrected chi connectivity index (χ3v) is 2.70. The topological polar surface area (TPSA) is 73.1 Å². The number of hydrogen-bond donors (Lipinski definition) is 2. The highest BCUT2D eigenvalue weighted by Crippen LogP contribution is 2.29. The minimum Gasteiger partial charge on any atom is -0.480 e. The lowest BCUT2D eigenvalue weighted by molar-refractivity contribution is 0.380. The van der Waals surface area contributed by atoms with Crippen LogP contribution in [0.3, 0.4) is 0 Å². The predicted octanol–water partition coefficient (Wildman–Crippen LogP) is 1.46. The van der Waals surface area contributed by atoms with Crippen LogP contribution >= 0.6 is 0 Å². The van der Waals surface area contributed by atoms with E-state index < -0.39 is 23.5 Å². The van der Waals surface area contributed by atoms with Gasteiger partial charge in [0.15, 0.2) is 17.5 Å². The van der Waals surface area contributed by atoms with Crippen LogP contribution in [0.1, 0.15) is 17.3 Å². The molecule has 2 rings (SSSR count). The number of halogens is 3. The third kappa shape index (κ3) is 2.43. The summed E-state index contributed by atoms with van der Waals surface area (Å²) in [6, 6.07) is 0.849. The summed E-state index contributed by atoms with van der Waals surface area (Å²) < 4.78 is 45.1. The molecular formula is C12H11F3N4O. The standard InChI is InChI=1S/C12H11F3N4O/c1-20-12-11(17-4-5-18-12)10(19-16)6-2-3-7(13)9(15)8(6)14/h2-5,10,19H,16H2,1H3. The first-order valence-electron chi connectivity index (χ1n) is 5.54. The van der Waals surface area contributed by atoms with Crippen LogP contribution in [-0.2, 0) is 0 Å². The molecule has 0 amide bonds. The Morgan fingerprint density at radius 3 is 2.50 bits per heavy atom. The Morgan fingerprint density at radius 1 is 1.15 bits per heavy atom. The van der Waals surface area contributed by atoms with E-state index in [4.69, 9.17) is 10.6 Å². The maximum absolute atomic E-state index is 13.8. The van der Waals surface area contributed by atoms with Gasteiger partial charge in [-0.25, -0.2) is 23.6 Å². The SMILES string of the molecule is COc1nccnc1C(NN)c1ccc(F)c(F)c1F. The number of benzene rings is 1. The second-order valence-electron chi connectivity index (χ2n) is 3.82. The van der Waals surface area contributed by atoms with E-state index in [1.165, 1.54) is 19.5 Å². The highest BCUT2D eigenvalue weighted by molar-refractivity contribution is 5.34. The second kappa shape index (κ2) is 5.85. The molecule has 20 heavy (non-hydrogen) atoms. The number of methoxy groups -OCH3 is 1. The number of hydrazine groups is 1. The molecule has 0 saturated carbocycles. The molecule has 2 aromatic rings. The van der Waals surface area contributed by atoms with Crippen molar-refractivity contribution in [3.63, 3.8) is 0 Å². The molecule has 1 atom stereocenters. The van der Waals surface area contributed by atoms with Crippen molar-refractivity contribution in [1.29, 1.82) is 0 Å². The van der Waals surface area contributed by atoms with E-state index in [1.807, 2.05) is 0 Å². The van der Waals surface area contributed by atoms with Crippen molar-refractivity contribution >= 4 is 0 Å². The average molecular weight is 284 g/mol. The van der Waals surface area contributed by atoms with Crippen molar-refractivity contribution in [3.05, 3.63) is 53.2 Å². The molecule has 1 aromatic heterocycles. The van der Waals surface area contributed by atoms with E-state index >= 15 is 0 Å². The van der Waals surface area contributed by atoms with Gasteiger partial charge in [-0.3, -0.25) is 10.8 Å². The Morgan fingerprint density at radius 2 is 1.85 bits per heavy atom. The van der Waals surface area contributed by atoms with E-state index in [-0.39, 0.29) is 17.1 Å². The fourth-order valence-corrected chi connectivity index (χ4v) is 1.77. The van der Waals surface area contributed by atoms with Gasteiger partial charge in [0.25, 0.3) is 0 Å². The summed E-state index contributed by atoms with van der Waals surface area (Å²) in [7, 11) is 1.35. The number of nitrogens with one attached hydrogen (secondary N) is 1. The van der Waals surface area contributed by atoms with Crippen LogP contribution in [0.25, 0.3) is 0 Å². The van der Waals surface area contributed by atoms with Crippen LogP contribution in [0.15, 0.2) is 24.5 Å². The molecule has 0 aliphatic carbocycles. The molecule has 0 aliphatic heterocycles. The Hall–Kier alpha value is -2.19. The van der Waals surface area contributed by atoms with Crippen LogP contribution in [0.2, 0.25) is 0 Å². The summed E-state index contributed by atoms with van der Waals surface area (Å²) in [6.45, 7) is 0. The van der Waals surface area contributed by atoms with Crippen molar-refractivity contribution in [1.82, 2.24) is 15.4 Å². The zero-order valence-corrected chi connectivity index (χ0v) is 10.4. The minimum absolute atomic E-state index is 0.0968. The molecule has 8 heteroatoms. The predicted molar refractivity (Wildman–Crippen MR) is 64.1 cm³/mol. The number of aromatic nitrogens is 2. The molecule has 0 saturated heterocycles. The summed E-state index contributed by atoms with van der Waals surface area (Å²) in [5, 5.41) is 0.